The van der Waals surface area contributed by atoms with Crippen molar-refractivity contribution in [1.82, 2.24) is 10.2 Å². The van der Waals surface area contributed by atoms with Gasteiger partial charge in [0, 0.05) is 30.8 Å². The number of nitro groups is 1. The first-order valence-corrected chi connectivity index (χ1v) is 17.9. The van der Waals surface area contributed by atoms with E-state index in [1.165, 1.54) is 24.3 Å². The average molecular weight is 788 g/mol. The molecule has 0 aliphatic carbocycles. The molecule has 0 aromatic heterocycles. The Bertz CT molecular complexity index is 1230. The molecule has 55 heavy (non-hydrogen) atoms. The van der Waals surface area contributed by atoms with Gasteiger partial charge in [0.25, 0.3) is 17.5 Å². The lowest BCUT2D eigenvalue weighted by atomic mass is 10.2. The van der Waals surface area contributed by atoms with Crippen LogP contribution in [0.25, 0.3) is 0 Å². The number of carbonyl (C=O) groups is 4. The lowest BCUT2D eigenvalue weighted by Gasteiger charge is -2.13. The van der Waals surface area contributed by atoms with E-state index in [2.05, 4.69) is 5.32 Å². The van der Waals surface area contributed by atoms with Gasteiger partial charge in [-0.25, -0.2) is 4.79 Å². The van der Waals surface area contributed by atoms with E-state index in [0.717, 1.165) is 17.1 Å². The molecule has 0 bridgehead atoms. The Kier molecular flexibility index (Phi) is 27.7. The van der Waals surface area contributed by atoms with E-state index >= 15 is 0 Å². The van der Waals surface area contributed by atoms with Crippen LogP contribution < -0.4 is 5.32 Å². The maximum Gasteiger partial charge on any atom is 0.338 e. The molecule has 1 aromatic carbocycles. The van der Waals surface area contributed by atoms with Gasteiger partial charge in [0.05, 0.1) is 143 Å². The van der Waals surface area contributed by atoms with Gasteiger partial charge in [-0.2, -0.15) is 0 Å². The van der Waals surface area contributed by atoms with Crippen LogP contribution in [-0.2, 0) is 66.5 Å². The zero-order chi connectivity index (χ0) is 39.6. The van der Waals surface area contributed by atoms with E-state index in [0.29, 0.717) is 119 Å². The summed E-state index contributed by atoms with van der Waals surface area (Å²) in [5.74, 6) is -2.01. The molecule has 0 saturated heterocycles. The summed E-state index contributed by atoms with van der Waals surface area (Å²) in [6.07, 6.45) is 2.26. The third-order valence-electron chi connectivity index (χ3n) is 6.89. The second kappa shape index (κ2) is 32.3. The molecular formula is C35H53N3O17. The summed E-state index contributed by atoms with van der Waals surface area (Å²) in [7, 11) is 0. The third-order valence-corrected chi connectivity index (χ3v) is 6.89. The van der Waals surface area contributed by atoms with Gasteiger partial charge in [-0.3, -0.25) is 29.4 Å². The first kappa shape index (κ1) is 47.2. The Morgan fingerprint density at radius 3 is 1.20 bits per heavy atom. The van der Waals surface area contributed by atoms with E-state index in [9.17, 15) is 29.3 Å². The molecule has 1 aliphatic rings. The maximum atomic E-state index is 11.9. The largest absolute Gasteiger partial charge is 0.460 e. The minimum atomic E-state index is -0.579. The molecule has 0 fully saturated rings. The number of nitrogens with zero attached hydrogens (tertiary/aromatic N) is 2. The highest BCUT2D eigenvalue weighted by molar-refractivity contribution is 6.14. The van der Waals surface area contributed by atoms with E-state index in [-0.39, 0.29) is 44.2 Å². The molecule has 0 spiro atoms. The van der Waals surface area contributed by atoms with Crippen molar-refractivity contribution >= 4 is 29.4 Å². The molecule has 1 aliphatic heterocycles. The summed E-state index contributed by atoms with van der Waals surface area (Å²) < 4.78 is 59.3. The number of non-ortho nitro benzene ring substituents is 1. The first-order chi connectivity index (χ1) is 26.9. The van der Waals surface area contributed by atoms with Crippen LogP contribution in [0.5, 0.6) is 0 Å². The molecule has 1 heterocycles. The third kappa shape index (κ3) is 24.9. The van der Waals surface area contributed by atoms with Gasteiger partial charge in [0.15, 0.2) is 0 Å². The summed E-state index contributed by atoms with van der Waals surface area (Å²) in [6.45, 7) is 7.94. The standard InChI is InChI=1S/C35H53N3O17/c39-32(29-37-33(40)5-6-34(37)41)36-7-8-45-9-10-46-11-12-47-13-14-48-15-16-49-17-18-50-19-20-51-21-22-52-23-24-53-25-26-54-27-28-55-35(42)30-1-3-31(4-2-30)38(43)44/h1-6H,7-29H2,(H,36,39). The molecule has 1 aromatic rings. The van der Waals surface area contributed by atoms with Crippen molar-refractivity contribution in [1.29, 1.82) is 0 Å². The molecule has 0 radical (unpaired) electrons. The van der Waals surface area contributed by atoms with E-state index in [4.69, 9.17) is 52.1 Å². The molecule has 2 rings (SSSR count). The quantitative estimate of drug-likeness (QED) is 0.0307. The number of benzene rings is 1. The van der Waals surface area contributed by atoms with Crippen LogP contribution in [0.1, 0.15) is 10.4 Å². The highest BCUT2D eigenvalue weighted by atomic mass is 16.6. The number of nitrogens with one attached hydrogen (secondary N) is 1. The Morgan fingerprint density at radius 1 is 0.527 bits per heavy atom. The van der Waals surface area contributed by atoms with Gasteiger partial charge in [-0.1, -0.05) is 0 Å². The number of hydrogen-bond acceptors (Lipinski definition) is 17. The van der Waals surface area contributed by atoms with Crippen LogP contribution in [0, 0.1) is 10.1 Å². The van der Waals surface area contributed by atoms with Gasteiger partial charge in [0.2, 0.25) is 5.91 Å². The summed E-state index contributed by atoms with van der Waals surface area (Å²) in [5, 5.41) is 13.2. The fourth-order valence-corrected chi connectivity index (χ4v) is 4.13. The number of ether oxygens (including phenoxy) is 11. The molecule has 3 amide bonds. The topological polar surface area (TPSA) is 228 Å². The smallest absolute Gasteiger partial charge is 0.338 e. The fourth-order valence-electron chi connectivity index (χ4n) is 4.13. The molecule has 1 N–H and O–H groups in total. The second-order valence-electron chi connectivity index (χ2n) is 11.0. The van der Waals surface area contributed by atoms with E-state index in [1.807, 2.05) is 0 Å². The van der Waals surface area contributed by atoms with Gasteiger partial charge in [0.1, 0.15) is 13.2 Å². The highest BCUT2D eigenvalue weighted by Crippen LogP contribution is 2.12. The number of carbonyl (C=O) groups excluding carboxylic acids is 4. The van der Waals surface area contributed by atoms with Crippen molar-refractivity contribution in [2.24, 2.45) is 0 Å². The fraction of sp³-hybridized carbons (Fsp3) is 0.657. The Labute approximate surface area is 319 Å². The molecular weight excluding hydrogens is 734 g/mol. The maximum absolute atomic E-state index is 11.9. The molecule has 310 valence electrons. The summed E-state index contributed by atoms with van der Waals surface area (Å²) in [5.41, 5.74) is 0.127. The van der Waals surface area contributed by atoms with Crippen molar-refractivity contribution in [3.8, 4) is 0 Å². The van der Waals surface area contributed by atoms with Crippen molar-refractivity contribution in [3.63, 3.8) is 0 Å². The monoisotopic (exact) mass is 787 g/mol. The number of hydrogen-bond donors (Lipinski definition) is 1. The zero-order valence-electron chi connectivity index (χ0n) is 31.1. The van der Waals surface area contributed by atoms with Gasteiger partial charge < -0.3 is 57.4 Å². The Balaban J connectivity index is 1.17. The van der Waals surface area contributed by atoms with E-state index < -0.39 is 28.6 Å². The average Bonchev–Trinajstić information content (AvgIpc) is 3.50. The molecule has 20 heteroatoms. The lowest BCUT2D eigenvalue weighted by molar-refractivity contribution is -0.384. The van der Waals surface area contributed by atoms with Crippen molar-refractivity contribution < 1.29 is 76.2 Å². The predicted octanol–water partition coefficient (Wildman–Crippen LogP) is -0.0412. The number of amides is 3. The van der Waals surface area contributed by atoms with Crippen LogP contribution in [0.15, 0.2) is 36.4 Å². The summed E-state index contributed by atoms with van der Waals surface area (Å²) in [6, 6.07) is 5.17. The Morgan fingerprint density at radius 2 is 0.855 bits per heavy atom. The van der Waals surface area contributed by atoms with Crippen molar-refractivity contribution in [2.45, 2.75) is 0 Å². The normalized spacial score (nSPS) is 12.5. The minimum Gasteiger partial charge on any atom is -0.460 e. The number of esters is 1. The highest BCUT2D eigenvalue weighted by Gasteiger charge is 2.25. The lowest BCUT2D eigenvalue weighted by Crippen LogP contribution is -2.41. The predicted molar refractivity (Wildman–Crippen MR) is 190 cm³/mol. The molecule has 20 nitrogen and oxygen atoms in total. The number of nitro benzene ring substituents is 1. The van der Waals surface area contributed by atoms with Crippen LogP contribution in [0.3, 0.4) is 0 Å². The van der Waals surface area contributed by atoms with Crippen LogP contribution in [-0.4, -0.2) is 185 Å². The summed E-state index contributed by atoms with van der Waals surface area (Å²) >= 11 is 0. The minimum absolute atomic E-state index is 0.0536. The van der Waals surface area contributed by atoms with Gasteiger partial charge in [-0.15, -0.1) is 0 Å². The SMILES string of the molecule is O=C(CN1C(=O)C=CC1=O)NCCOCCOCCOCCOCCOCCOCCOCCOCCOCCOCCOC(=O)c1ccc([N+](=O)[O-])cc1. The number of rotatable bonds is 37. The van der Waals surface area contributed by atoms with Gasteiger partial charge >= 0.3 is 5.97 Å². The van der Waals surface area contributed by atoms with Crippen LogP contribution in [0.4, 0.5) is 5.69 Å². The van der Waals surface area contributed by atoms with Crippen LogP contribution in [0.2, 0.25) is 0 Å². The van der Waals surface area contributed by atoms with Crippen molar-refractivity contribution in [3.05, 3.63) is 52.1 Å². The second-order valence-corrected chi connectivity index (χ2v) is 11.0. The molecule has 0 saturated carbocycles. The Hall–Kier alpha value is -3.96. The molecule has 0 atom stereocenters. The zero-order valence-corrected chi connectivity index (χ0v) is 31.1. The molecule has 0 unspecified atom stereocenters. The summed E-state index contributed by atoms with van der Waals surface area (Å²) in [4.78, 5) is 57.5. The number of imide groups is 1. The van der Waals surface area contributed by atoms with E-state index in [1.54, 1.807) is 0 Å². The van der Waals surface area contributed by atoms with Crippen molar-refractivity contribution in [2.75, 3.05) is 152 Å². The van der Waals surface area contributed by atoms with Crippen LogP contribution >= 0.6 is 0 Å². The first-order valence-electron chi connectivity index (χ1n) is 17.9. The van der Waals surface area contributed by atoms with Gasteiger partial charge in [-0.05, 0) is 12.1 Å².